The van der Waals surface area contributed by atoms with Crippen LogP contribution in [0.15, 0.2) is 18.7 Å². The lowest BCUT2D eigenvalue weighted by atomic mass is 9.92. The maximum absolute atomic E-state index is 12.8. The summed E-state index contributed by atoms with van der Waals surface area (Å²) in [7, 11) is 1.67. The number of amides is 2. The number of hydrogen-bond donors (Lipinski definition) is 2. The molecule has 0 radical (unpaired) electrons. The van der Waals surface area contributed by atoms with Crippen LogP contribution in [0.3, 0.4) is 0 Å². The lowest BCUT2D eigenvalue weighted by Gasteiger charge is -2.19. The highest BCUT2D eigenvalue weighted by Gasteiger charge is 2.23. The molecule has 34 heavy (non-hydrogen) atoms. The molecule has 0 bridgehead atoms. The summed E-state index contributed by atoms with van der Waals surface area (Å²) in [6.07, 6.45) is 4.17. The largest absolute Gasteiger partial charge is 0.342 e. The molecule has 0 saturated carbocycles. The van der Waals surface area contributed by atoms with Crippen LogP contribution in [-0.4, -0.2) is 51.7 Å². The van der Waals surface area contributed by atoms with Gasteiger partial charge in [0.25, 0.3) is 11.8 Å². The summed E-state index contributed by atoms with van der Waals surface area (Å²) in [4.78, 5) is 46.7. The van der Waals surface area contributed by atoms with Gasteiger partial charge in [0.2, 0.25) is 5.95 Å². The minimum Gasteiger partial charge on any atom is -0.342 e. The van der Waals surface area contributed by atoms with Gasteiger partial charge in [0.1, 0.15) is 16.2 Å². The van der Waals surface area contributed by atoms with Crippen molar-refractivity contribution in [3.05, 3.63) is 45.0 Å². The van der Waals surface area contributed by atoms with Gasteiger partial charge in [0.15, 0.2) is 16.9 Å². The van der Waals surface area contributed by atoms with Crippen LogP contribution in [-0.2, 0) is 12.5 Å². The summed E-state index contributed by atoms with van der Waals surface area (Å²) in [6.45, 7) is 7.66. The minimum absolute atomic E-state index is 0.106. The molecule has 0 aromatic carbocycles. The van der Waals surface area contributed by atoms with Gasteiger partial charge in [-0.05, 0) is 6.92 Å². The molecule has 0 aliphatic rings. The zero-order valence-corrected chi connectivity index (χ0v) is 20.6. The quantitative estimate of drug-likeness (QED) is 0.421. The Morgan fingerprint density at radius 3 is 2.62 bits per heavy atom. The van der Waals surface area contributed by atoms with Crippen LogP contribution >= 0.6 is 22.9 Å². The zero-order chi connectivity index (χ0) is 24.6. The highest BCUT2D eigenvalue weighted by molar-refractivity contribution is 7.13. The van der Waals surface area contributed by atoms with Crippen LogP contribution in [0.25, 0.3) is 11.2 Å². The fraction of sp³-hybridized carbons (Fsp3) is 0.350. The molecule has 14 heteroatoms. The number of halogens is 1. The van der Waals surface area contributed by atoms with Crippen molar-refractivity contribution in [1.29, 1.82) is 0 Å². The van der Waals surface area contributed by atoms with Gasteiger partial charge in [0.05, 0.1) is 29.2 Å². The molecule has 4 rings (SSSR count). The first-order valence-electron chi connectivity index (χ1n) is 10.2. The summed E-state index contributed by atoms with van der Waals surface area (Å²) >= 11 is 7.34. The average molecular weight is 501 g/mol. The van der Waals surface area contributed by atoms with Crippen molar-refractivity contribution in [3.63, 3.8) is 0 Å². The van der Waals surface area contributed by atoms with E-state index in [2.05, 4.69) is 45.9 Å². The van der Waals surface area contributed by atoms with Gasteiger partial charge in [-0.25, -0.2) is 29.6 Å². The molecule has 1 atom stereocenters. The Hall–Kier alpha value is -3.58. The Morgan fingerprint density at radius 2 is 1.88 bits per heavy atom. The van der Waals surface area contributed by atoms with E-state index in [0.717, 1.165) is 11.3 Å². The number of thiazole rings is 1. The molecule has 0 spiro atoms. The Morgan fingerprint density at radius 1 is 1.12 bits per heavy atom. The molecular formula is C20H21ClN10O2S. The van der Waals surface area contributed by atoms with Gasteiger partial charge in [0, 0.05) is 12.5 Å². The molecule has 0 aliphatic carbocycles. The first-order valence-corrected chi connectivity index (χ1v) is 11.4. The van der Waals surface area contributed by atoms with Gasteiger partial charge >= 0.3 is 0 Å². The van der Waals surface area contributed by atoms with E-state index in [-0.39, 0.29) is 17.1 Å². The number of aryl methyl sites for hydroxylation is 1. The van der Waals surface area contributed by atoms with Crippen LogP contribution in [0.1, 0.15) is 64.6 Å². The SMILES string of the molecule is CC(NC(=O)c1ncnc2c1nnn2C)c1ncc(C(=O)Nc2ncc(Cl)c(C(C)(C)C)n2)s1. The van der Waals surface area contributed by atoms with Crippen molar-refractivity contribution in [2.45, 2.75) is 39.2 Å². The van der Waals surface area contributed by atoms with Crippen molar-refractivity contribution < 1.29 is 9.59 Å². The van der Waals surface area contributed by atoms with Crippen LogP contribution < -0.4 is 10.6 Å². The summed E-state index contributed by atoms with van der Waals surface area (Å²) in [6, 6.07) is -0.486. The molecule has 176 valence electrons. The molecule has 0 fully saturated rings. The molecule has 4 aromatic rings. The number of nitrogens with zero attached hydrogens (tertiary/aromatic N) is 8. The molecule has 12 nitrogen and oxygen atoms in total. The van der Waals surface area contributed by atoms with E-state index in [1.54, 1.807) is 14.0 Å². The summed E-state index contributed by atoms with van der Waals surface area (Å²) in [5.74, 6) is -0.722. The fourth-order valence-electron chi connectivity index (χ4n) is 3.05. The highest BCUT2D eigenvalue weighted by Crippen LogP contribution is 2.28. The van der Waals surface area contributed by atoms with Gasteiger partial charge in [-0.15, -0.1) is 16.4 Å². The zero-order valence-electron chi connectivity index (χ0n) is 19.0. The van der Waals surface area contributed by atoms with E-state index >= 15 is 0 Å². The Balaban J connectivity index is 1.46. The predicted octanol–water partition coefficient (Wildman–Crippen LogP) is 2.70. The lowest BCUT2D eigenvalue weighted by molar-refractivity contribution is 0.0935. The molecular weight excluding hydrogens is 480 g/mol. The second kappa shape index (κ2) is 8.99. The van der Waals surface area contributed by atoms with Crippen molar-refractivity contribution in [2.75, 3.05) is 5.32 Å². The molecule has 2 amide bonds. The topological polar surface area (TPSA) is 153 Å². The lowest BCUT2D eigenvalue weighted by Crippen LogP contribution is -2.27. The standard InChI is InChI=1S/C20H21ClN10O2S/c1-9(26-17(33)13-12-15(25-8-24-13)31(5)30-29-12)18-22-7-11(34-18)16(32)28-19-23-6-10(21)14(27-19)20(2,3)4/h6-9H,1-5H3,(H,26,33)(H,23,27,28,32). The molecule has 0 saturated heterocycles. The van der Waals surface area contributed by atoms with Crippen LogP contribution in [0.5, 0.6) is 0 Å². The molecule has 0 aliphatic heterocycles. The van der Waals surface area contributed by atoms with E-state index in [1.807, 2.05) is 20.8 Å². The summed E-state index contributed by atoms with van der Waals surface area (Å²) in [5, 5.41) is 14.3. The van der Waals surface area contributed by atoms with Gasteiger partial charge in [-0.1, -0.05) is 37.6 Å². The number of anilines is 1. The van der Waals surface area contributed by atoms with Crippen molar-refractivity contribution in [2.24, 2.45) is 7.05 Å². The number of carbonyl (C=O) groups is 2. The number of hydrogen-bond acceptors (Lipinski definition) is 10. The van der Waals surface area contributed by atoms with Crippen LogP contribution in [0, 0.1) is 0 Å². The summed E-state index contributed by atoms with van der Waals surface area (Å²) in [5.41, 5.74) is 1.16. The van der Waals surface area contributed by atoms with E-state index in [4.69, 9.17) is 11.6 Å². The number of fused-ring (bicyclic) bond motifs is 1. The number of carbonyl (C=O) groups excluding carboxylic acids is 2. The van der Waals surface area contributed by atoms with Crippen molar-refractivity contribution in [3.8, 4) is 0 Å². The first-order chi connectivity index (χ1) is 16.0. The number of rotatable bonds is 5. The van der Waals surface area contributed by atoms with E-state index in [1.165, 1.54) is 23.4 Å². The van der Waals surface area contributed by atoms with E-state index in [9.17, 15) is 9.59 Å². The fourth-order valence-corrected chi connectivity index (χ4v) is 4.24. The monoisotopic (exact) mass is 500 g/mol. The maximum atomic E-state index is 12.8. The van der Waals surface area contributed by atoms with E-state index < -0.39 is 17.9 Å². The van der Waals surface area contributed by atoms with Crippen LogP contribution in [0.4, 0.5) is 5.95 Å². The minimum atomic E-state index is -0.486. The summed E-state index contributed by atoms with van der Waals surface area (Å²) < 4.78 is 1.46. The maximum Gasteiger partial charge on any atom is 0.272 e. The molecule has 4 heterocycles. The normalized spacial score (nSPS) is 12.5. The van der Waals surface area contributed by atoms with Gasteiger partial charge in [-0.3, -0.25) is 14.9 Å². The highest BCUT2D eigenvalue weighted by atomic mass is 35.5. The molecule has 1 unspecified atom stereocenters. The molecule has 4 aromatic heterocycles. The number of aromatic nitrogens is 8. The second-order valence-corrected chi connectivity index (χ2v) is 9.93. The van der Waals surface area contributed by atoms with Crippen LogP contribution in [0.2, 0.25) is 5.02 Å². The number of nitrogens with one attached hydrogen (secondary N) is 2. The first kappa shape index (κ1) is 23.6. The third kappa shape index (κ3) is 4.70. The molecule has 2 N–H and O–H groups in total. The smallest absolute Gasteiger partial charge is 0.272 e. The van der Waals surface area contributed by atoms with Gasteiger partial charge < -0.3 is 5.32 Å². The Kier molecular flexibility index (Phi) is 6.23. The van der Waals surface area contributed by atoms with Crippen molar-refractivity contribution >= 4 is 51.9 Å². The van der Waals surface area contributed by atoms with E-state index in [0.29, 0.717) is 31.8 Å². The van der Waals surface area contributed by atoms with Gasteiger partial charge in [-0.2, -0.15) is 0 Å². The average Bonchev–Trinajstić information content (AvgIpc) is 3.42. The Labute approximate surface area is 203 Å². The third-order valence-electron chi connectivity index (χ3n) is 4.75. The van der Waals surface area contributed by atoms with Crippen molar-refractivity contribution in [1.82, 2.24) is 45.2 Å². The Bertz CT molecular complexity index is 1390. The predicted molar refractivity (Wildman–Crippen MR) is 126 cm³/mol. The second-order valence-electron chi connectivity index (χ2n) is 8.46. The third-order valence-corrected chi connectivity index (χ3v) is 6.20.